The first-order chi connectivity index (χ1) is 10.7. The van der Waals surface area contributed by atoms with Crippen molar-refractivity contribution in [3.63, 3.8) is 0 Å². The monoisotopic (exact) mass is 288 g/mol. The summed E-state index contributed by atoms with van der Waals surface area (Å²) in [5.74, 6) is 0.976. The number of amidine groups is 1. The predicted molar refractivity (Wildman–Crippen MR) is 96.3 cm³/mol. The van der Waals surface area contributed by atoms with Crippen LogP contribution in [0.5, 0.6) is 0 Å². The second-order valence-electron chi connectivity index (χ2n) is 5.48. The molecule has 0 unspecified atom stereocenters. The Morgan fingerprint density at radius 1 is 0.864 bits per heavy atom. The van der Waals surface area contributed by atoms with E-state index in [2.05, 4.69) is 60.4 Å². The van der Waals surface area contributed by atoms with Crippen molar-refractivity contribution < 1.29 is 0 Å². The predicted octanol–water partition coefficient (Wildman–Crippen LogP) is 5.33. The number of fused-ring (bicyclic) bond motifs is 1. The summed E-state index contributed by atoms with van der Waals surface area (Å²) in [6.45, 7) is 4.18. The molecule has 22 heavy (non-hydrogen) atoms. The largest absolute Gasteiger partial charge is 0.333 e. The Kier molecular flexibility index (Phi) is 3.92. The maximum Gasteiger partial charge on any atom is 0.106 e. The highest BCUT2D eigenvalue weighted by Crippen LogP contribution is 2.28. The van der Waals surface area contributed by atoms with E-state index in [1.54, 1.807) is 0 Å². The van der Waals surface area contributed by atoms with Gasteiger partial charge in [-0.3, -0.25) is 0 Å². The molecule has 0 saturated carbocycles. The zero-order valence-electron chi connectivity index (χ0n) is 13.2. The SMILES string of the molecule is CC(=Nc1ccc2ccccc2c1C)N(C)c1ccccc1. The molecule has 0 aliphatic rings. The van der Waals surface area contributed by atoms with Gasteiger partial charge in [0, 0.05) is 12.7 Å². The molecular weight excluding hydrogens is 268 g/mol. The van der Waals surface area contributed by atoms with Gasteiger partial charge in [-0.2, -0.15) is 0 Å². The fourth-order valence-corrected chi connectivity index (χ4v) is 2.62. The third kappa shape index (κ3) is 2.73. The average Bonchev–Trinajstić information content (AvgIpc) is 2.57. The zero-order valence-corrected chi connectivity index (χ0v) is 13.2. The fourth-order valence-electron chi connectivity index (χ4n) is 2.62. The fraction of sp³-hybridized carbons (Fsp3) is 0.150. The lowest BCUT2D eigenvalue weighted by Gasteiger charge is -2.19. The zero-order chi connectivity index (χ0) is 15.5. The first kappa shape index (κ1) is 14.3. The number of hydrogen-bond acceptors (Lipinski definition) is 1. The molecule has 0 saturated heterocycles. The smallest absolute Gasteiger partial charge is 0.106 e. The van der Waals surface area contributed by atoms with Gasteiger partial charge in [-0.15, -0.1) is 0 Å². The van der Waals surface area contributed by atoms with E-state index in [9.17, 15) is 0 Å². The topological polar surface area (TPSA) is 15.6 Å². The molecule has 0 N–H and O–H groups in total. The summed E-state index contributed by atoms with van der Waals surface area (Å²) in [4.78, 5) is 6.93. The summed E-state index contributed by atoms with van der Waals surface area (Å²) < 4.78 is 0. The Morgan fingerprint density at radius 2 is 1.55 bits per heavy atom. The molecular formula is C20H20N2. The highest BCUT2D eigenvalue weighted by atomic mass is 15.2. The molecule has 0 radical (unpaired) electrons. The Morgan fingerprint density at radius 3 is 2.32 bits per heavy atom. The summed E-state index contributed by atoms with van der Waals surface area (Å²) in [5, 5.41) is 2.52. The molecule has 0 heterocycles. The molecule has 0 fully saturated rings. The number of para-hydroxylation sites is 1. The van der Waals surface area contributed by atoms with Crippen LogP contribution in [0.15, 0.2) is 71.7 Å². The van der Waals surface area contributed by atoms with Gasteiger partial charge in [0.1, 0.15) is 5.84 Å². The van der Waals surface area contributed by atoms with Crippen LogP contribution in [0.3, 0.4) is 0 Å². The number of aryl methyl sites for hydroxylation is 1. The van der Waals surface area contributed by atoms with E-state index >= 15 is 0 Å². The van der Waals surface area contributed by atoms with Crippen LogP contribution in [-0.4, -0.2) is 12.9 Å². The van der Waals surface area contributed by atoms with Gasteiger partial charge in [0.05, 0.1) is 5.69 Å². The Hall–Kier alpha value is -2.61. The maximum atomic E-state index is 4.83. The lowest BCUT2D eigenvalue weighted by Crippen LogP contribution is -2.23. The molecule has 0 aromatic heterocycles. The Bertz CT molecular complexity index is 819. The van der Waals surface area contributed by atoms with Crippen molar-refractivity contribution in [3.8, 4) is 0 Å². The van der Waals surface area contributed by atoms with E-state index in [1.807, 2.05) is 32.2 Å². The van der Waals surface area contributed by atoms with Crippen LogP contribution in [0.2, 0.25) is 0 Å². The molecule has 110 valence electrons. The van der Waals surface area contributed by atoms with Gasteiger partial charge in [-0.1, -0.05) is 48.5 Å². The van der Waals surface area contributed by atoms with Crippen molar-refractivity contribution >= 4 is 28.0 Å². The van der Waals surface area contributed by atoms with Crippen molar-refractivity contribution in [2.75, 3.05) is 11.9 Å². The van der Waals surface area contributed by atoms with E-state index in [-0.39, 0.29) is 0 Å². The van der Waals surface area contributed by atoms with Crippen molar-refractivity contribution in [2.24, 2.45) is 4.99 Å². The van der Waals surface area contributed by atoms with Crippen molar-refractivity contribution in [2.45, 2.75) is 13.8 Å². The summed E-state index contributed by atoms with van der Waals surface area (Å²) in [6.07, 6.45) is 0. The maximum absolute atomic E-state index is 4.83. The van der Waals surface area contributed by atoms with Crippen LogP contribution in [0.25, 0.3) is 10.8 Å². The minimum Gasteiger partial charge on any atom is -0.333 e. The summed E-state index contributed by atoms with van der Waals surface area (Å²) >= 11 is 0. The minimum atomic E-state index is 0.976. The molecule has 0 bridgehead atoms. The lowest BCUT2D eigenvalue weighted by atomic mass is 10.0. The molecule has 3 aromatic carbocycles. The van der Waals surface area contributed by atoms with Crippen LogP contribution < -0.4 is 4.90 Å². The highest BCUT2D eigenvalue weighted by molar-refractivity contribution is 5.98. The second-order valence-corrected chi connectivity index (χ2v) is 5.48. The molecule has 0 aliphatic carbocycles. The molecule has 3 rings (SSSR count). The van der Waals surface area contributed by atoms with Crippen LogP contribution in [0.1, 0.15) is 12.5 Å². The number of aliphatic imine (C=N–C) groups is 1. The molecule has 3 aromatic rings. The number of nitrogens with zero attached hydrogens (tertiary/aromatic N) is 2. The van der Waals surface area contributed by atoms with Gasteiger partial charge < -0.3 is 4.90 Å². The van der Waals surface area contributed by atoms with Gasteiger partial charge in [0.25, 0.3) is 0 Å². The molecule has 2 nitrogen and oxygen atoms in total. The first-order valence-corrected chi connectivity index (χ1v) is 7.49. The van der Waals surface area contributed by atoms with Crippen LogP contribution in [-0.2, 0) is 0 Å². The van der Waals surface area contributed by atoms with Crippen molar-refractivity contribution in [1.82, 2.24) is 0 Å². The van der Waals surface area contributed by atoms with Crippen LogP contribution >= 0.6 is 0 Å². The molecule has 0 atom stereocenters. The van der Waals surface area contributed by atoms with E-state index in [0.717, 1.165) is 17.2 Å². The second kappa shape index (κ2) is 6.02. The summed E-state index contributed by atoms with van der Waals surface area (Å²) in [6, 6.07) is 23.0. The van der Waals surface area contributed by atoms with Gasteiger partial charge in [0.2, 0.25) is 0 Å². The van der Waals surface area contributed by atoms with E-state index in [4.69, 9.17) is 4.99 Å². The molecule has 0 amide bonds. The molecule has 0 aliphatic heterocycles. The highest BCUT2D eigenvalue weighted by Gasteiger charge is 2.06. The van der Waals surface area contributed by atoms with Crippen LogP contribution in [0.4, 0.5) is 11.4 Å². The molecule has 2 heteroatoms. The van der Waals surface area contributed by atoms with E-state index in [1.165, 1.54) is 16.3 Å². The lowest BCUT2D eigenvalue weighted by molar-refractivity contribution is 1.23. The van der Waals surface area contributed by atoms with E-state index < -0.39 is 0 Å². The number of rotatable bonds is 2. The van der Waals surface area contributed by atoms with Gasteiger partial charge in [-0.05, 0) is 48.4 Å². The standard InChI is InChI=1S/C20H20N2/c1-15-19-12-8-7-9-17(19)13-14-20(15)21-16(2)22(3)18-10-5-4-6-11-18/h4-14H,1-3H3. The quantitative estimate of drug-likeness (QED) is 0.459. The average molecular weight is 288 g/mol. The third-order valence-corrected chi connectivity index (χ3v) is 4.08. The first-order valence-electron chi connectivity index (χ1n) is 7.49. The third-order valence-electron chi connectivity index (χ3n) is 4.08. The molecule has 0 spiro atoms. The Labute approximate surface area is 131 Å². The van der Waals surface area contributed by atoms with Crippen LogP contribution in [0, 0.1) is 6.92 Å². The van der Waals surface area contributed by atoms with Gasteiger partial charge in [-0.25, -0.2) is 4.99 Å². The summed E-state index contributed by atoms with van der Waals surface area (Å²) in [7, 11) is 2.05. The van der Waals surface area contributed by atoms with Crippen molar-refractivity contribution in [1.29, 1.82) is 0 Å². The van der Waals surface area contributed by atoms with Crippen molar-refractivity contribution in [3.05, 3.63) is 72.3 Å². The van der Waals surface area contributed by atoms with Gasteiger partial charge in [0.15, 0.2) is 0 Å². The number of benzene rings is 3. The summed E-state index contributed by atoms with van der Waals surface area (Å²) in [5.41, 5.74) is 3.39. The Balaban J connectivity index is 1.99. The van der Waals surface area contributed by atoms with E-state index in [0.29, 0.717) is 0 Å². The minimum absolute atomic E-state index is 0.976. The number of anilines is 1. The number of hydrogen-bond donors (Lipinski definition) is 0. The normalized spacial score (nSPS) is 11.7. The van der Waals surface area contributed by atoms with Gasteiger partial charge >= 0.3 is 0 Å².